The molecule has 2 aromatic carbocycles. The average molecular weight is 307 g/mol. The molecule has 0 amide bonds. The number of primary sulfonamides is 1. The van der Waals surface area contributed by atoms with Crippen LogP contribution >= 0.6 is 0 Å². The molecule has 5 nitrogen and oxygen atoms in total. The molecule has 6 heteroatoms. The fourth-order valence-electron chi connectivity index (χ4n) is 1.89. The molecule has 21 heavy (non-hydrogen) atoms. The van der Waals surface area contributed by atoms with E-state index in [1.54, 1.807) is 25.1 Å². The van der Waals surface area contributed by atoms with E-state index in [1.807, 2.05) is 30.3 Å². The molecule has 112 valence electrons. The number of hydrogen-bond acceptors (Lipinski definition) is 4. The van der Waals surface area contributed by atoms with Crippen molar-refractivity contribution in [1.82, 2.24) is 0 Å². The molecular formula is C15H17NO4S. The minimum Gasteiger partial charge on any atom is -0.492 e. The van der Waals surface area contributed by atoms with E-state index >= 15 is 0 Å². The van der Waals surface area contributed by atoms with Crippen molar-refractivity contribution in [1.29, 1.82) is 0 Å². The molecule has 0 aliphatic heterocycles. The first-order valence-electron chi connectivity index (χ1n) is 6.47. The number of benzene rings is 2. The molecule has 0 bridgehead atoms. The van der Waals surface area contributed by atoms with E-state index in [4.69, 9.17) is 14.6 Å². The van der Waals surface area contributed by atoms with Crippen LogP contribution in [0.1, 0.15) is 12.5 Å². The van der Waals surface area contributed by atoms with E-state index in [-0.39, 0.29) is 23.0 Å². The summed E-state index contributed by atoms with van der Waals surface area (Å²) in [5, 5.41) is 5.27. The predicted molar refractivity (Wildman–Crippen MR) is 79.8 cm³/mol. The van der Waals surface area contributed by atoms with E-state index in [9.17, 15) is 8.42 Å². The summed E-state index contributed by atoms with van der Waals surface area (Å²) in [6, 6.07) is 14.2. The highest BCUT2D eigenvalue weighted by Gasteiger charge is 2.21. The third kappa shape index (κ3) is 3.96. The molecule has 0 aliphatic rings. The molecule has 2 aromatic rings. The minimum absolute atomic E-state index is 0.122. The molecule has 0 saturated carbocycles. The second-order valence-electron chi connectivity index (χ2n) is 4.34. The Kier molecular flexibility index (Phi) is 4.82. The zero-order valence-electron chi connectivity index (χ0n) is 11.7. The molecule has 2 N–H and O–H groups in total. The van der Waals surface area contributed by atoms with Gasteiger partial charge in [-0.05, 0) is 24.6 Å². The molecule has 2 rings (SSSR count). The van der Waals surface area contributed by atoms with Gasteiger partial charge in [-0.1, -0.05) is 36.4 Å². The van der Waals surface area contributed by atoms with Crippen LogP contribution < -0.4 is 14.6 Å². The summed E-state index contributed by atoms with van der Waals surface area (Å²) in [7, 11) is -3.94. The molecular weight excluding hydrogens is 290 g/mol. The summed E-state index contributed by atoms with van der Waals surface area (Å²) in [4.78, 5) is -0.122. The van der Waals surface area contributed by atoms with Crippen LogP contribution in [-0.4, -0.2) is 15.0 Å². The molecule has 0 radical (unpaired) electrons. The van der Waals surface area contributed by atoms with E-state index in [0.717, 1.165) is 5.56 Å². The van der Waals surface area contributed by atoms with Crippen molar-refractivity contribution < 1.29 is 17.9 Å². The summed E-state index contributed by atoms with van der Waals surface area (Å²) in [6.07, 6.45) is 0. The number of hydrogen-bond donors (Lipinski definition) is 1. The average Bonchev–Trinajstić information content (AvgIpc) is 2.45. The molecule has 0 aromatic heterocycles. The lowest BCUT2D eigenvalue weighted by Crippen LogP contribution is -2.15. The Morgan fingerprint density at radius 1 is 0.952 bits per heavy atom. The lowest BCUT2D eigenvalue weighted by molar-refractivity contribution is 0.286. The van der Waals surface area contributed by atoms with E-state index in [2.05, 4.69) is 0 Å². The maximum atomic E-state index is 11.8. The Morgan fingerprint density at radius 3 is 2.14 bits per heavy atom. The predicted octanol–water partition coefficient (Wildman–Crippen LogP) is 2.31. The molecule has 0 fully saturated rings. The second kappa shape index (κ2) is 6.60. The van der Waals surface area contributed by atoms with Gasteiger partial charge in [-0.25, -0.2) is 13.6 Å². The van der Waals surface area contributed by atoms with Gasteiger partial charge in [-0.3, -0.25) is 0 Å². The lowest BCUT2D eigenvalue weighted by Gasteiger charge is -2.14. The SMILES string of the molecule is CCOc1cccc(OCc2ccccc2)c1S(N)(=O)=O. The smallest absolute Gasteiger partial charge is 0.245 e. The molecule has 0 saturated heterocycles. The summed E-state index contributed by atoms with van der Waals surface area (Å²) in [5.41, 5.74) is 0.930. The van der Waals surface area contributed by atoms with Crippen molar-refractivity contribution in [3.63, 3.8) is 0 Å². The topological polar surface area (TPSA) is 78.6 Å². The van der Waals surface area contributed by atoms with Crippen molar-refractivity contribution in [3.8, 4) is 11.5 Å². The highest BCUT2D eigenvalue weighted by atomic mass is 32.2. The highest BCUT2D eigenvalue weighted by Crippen LogP contribution is 2.32. The molecule has 0 atom stereocenters. The lowest BCUT2D eigenvalue weighted by atomic mass is 10.2. The van der Waals surface area contributed by atoms with Crippen molar-refractivity contribution in [3.05, 3.63) is 54.1 Å². The van der Waals surface area contributed by atoms with Crippen LogP contribution in [0, 0.1) is 0 Å². The normalized spacial score (nSPS) is 11.1. The zero-order valence-corrected chi connectivity index (χ0v) is 12.5. The molecule has 0 unspecified atom stereocenters. The van der Waals surface area contributed by atoms with Crippen molar-refractivity contribution >= 4 is 10.0 Å². The van der Waals surface area contributed by atoms with Gasteiger partial charge in [-0.15, -0.1) is 0 Å². The Bertz CT molecular complexity index is 699. The van der Waals surface area contributed by atoms with E-state index in [0.29, 0.717) is 6.61 Å². The van der Waals surface area contributed by atoms with Crippen LogP contribution in [0.4, 0.5) is 0 Å². The van der Waals surface area contributed by atoms with Crippen LogP contribution in [-0.2, 0) is 16.6 Å². The number of ether oxygens (including phenoxy) is 2. The maximum absolute atomic E-state index is 11.8. The molecule has 0 heterocycles. The van der Waals surface area contributed by atoms with Gasteiger partial charge < -0.3 is 9.47 Å². The standard InChI is InChI=1S/C15H17NO4S/c1-2-19-13-9-6-10-14(15(13)21(16,17)18)20-11-12-7-4-3-5-8-12/h3-10H,2,11H2,1H3,(H2,16,17,18). The van der Waals surface area contributed by atoms with Gasteiger partial charge in [-0.2, -0.15) is 0 Å². The zero-order chi connectivity index (χ0) is 15.3. The summed E-state index contributed by atoms with van der Waals surface area (Å²) in [5.74, 6) is 0.387. The van der Waals surface area contributed by atoms with Gasteiger partial charge in [0.05, 0.1) is 6.61 Å². The first kappa shape index (κ1) is 15.3. The van der Waals surface area contributed by atoms with Gasteiger partial charge in [0.15, 0.2) is 4.90 Å². The Labute approximate surface area is 124 Å². The largest absolute Gasteiger partial charge is 0.492 e. The van der Waals surface area contributed by atoms with Crippen molar-refractivity contribution in [2.24, 2.45) is 5.14 Å². The Morgan fingerprint density at radius 2 is 1.57 bits per heavy atom. The number of nitrogens with two attached hydrogens (primary N) is 1. The van der Waals surface area contributed by atoms with Gasteiger partial charge >= 0.3 is 0 Å². The first-order valence-corrected chi connectivity index (χ1v) is 8.02. The quantitative estimate of drug-likeness (QED) is 0.888. The Balaban J connectivity index is 2.32. The van der Waals surface area contributed by atoms with Crippen molar-refractivity contribution in [2.75, 3.05) is 6.61 Å². The monoisotopic (exact) mass is 307 g/mol. The van der Waals surface area contributed by atoms with Gasteiger partial charge in [0.2, 0.25) is 10.0 Å². The van der Waals surface area contributed by atoms with Crippen LogP contribution in [0.25, 0.3) is 0 Å². The first-order chi connectivity index (χ1) is 10.0. The Hall–Kier alpha value is -2.05. The van der Waals surface area contributed by atoms with Crippen LogP contribution in [0.3, 0.4) is 0 Å². The van der Waals surface area contributed by atoms with Gasteiger partial charge in [0, 0.05) is 0 Å². The maximum Gasteiger partial charge on any atom is 0.245 e. The number of sulfonamides is 1. The summed E-state index contributed by atoms with van der Waals surface area (Å²) < 4.78 is 34.5. The summed E-state index contributed by atoms with van der Waals surface area (Å²) >= 11 is 0. The van der Waals surface area contributed by atoms with Crippen molar-refractivity contribution in [2.45, 2.75) is 18.4 Å². The van der Waals surface area contributed by atoms with E-state index < -0.39 is 10.0 Å². The highest BCUT2D eigenvalue weighted by molar-refractivity contribution is 7.89. The minimum atomic E-state index is -3.94. The second-order valence-corrected chi connectivity index (χ2v) is 5.83. The summed E-state index contributed by atoms with van der Waals surface area (Å²) in [6.45, 7) is 2.36. The van der Waals surface area contributed by atoms with Crippen LogP contribution in [0.5, 0.6) is 11.5 Å². The third-order valence-corrected chi connectivity index (χ3v) is 3.74. The fraction of sp³-hybridized carbons (Fsp3) is 0.200. The molecule has 0 spiro atoms. The number of rotatable bonds is 6. The van der Waals surface area contributed by atoms with Gasteiger partial charge in [0.1, 0.15) is 18.1 Å². The fourth-order valence-corrected chi connectivity index (χ4v) is 2.71. The third-order valence-electron chi connectivity index (χ3n) is 2.76. The van der Waals surface area contributed by atoms with Crippen LogP contribution in [0.2, 0.25) is 0 Å². The van der Waals surface area contributed by atoms with Gasteiger partial charge in [0.25, 0.3) is 0 Å². The molecule has 0 aliphatic carbocycles. The van der Waals surface area contributed by atoms with E-state index in [1.165, 1.54) is 0 Å². The van der Waals surface area contributed by atoms with Crippen LogP contribution in [0.15, 0.2) is 53.4 Å².